The largest absolute Gasteiger partial charge is 0.269 e. The van der Waals surface area contributed by atoms with Crippen LogP contribution in [0.15, 0.2) is 12.2 Å². The standard InChI is InChI=1S/C4H8.C3H8OS/c1-4(2)3;1-5(2,3)4/h1H2,2-3H3;1H2,2-3H3. The number of allylic oxidation sites excluding steroid dienone is 1. The van der Waals surface area contributed by atoms with Crippen molar-refractivity contribution in [1.82, 2.24) is 0 Å². The van der Waals surface area contributed by atoms with Crippen molar-refractivity contribution in [3.8, 4) is 0 Å². The molecule has 0 saturated carbocycles. The molecular weight excluding hydrogens is 132 g/mol. The fourth-order valence-corrected chi connectivity index (χ4v) is 0. The van der Waals surface area contributed by atoms with Gasteiger partial charge in [-0.15, -0.1) is 6.58 Å². The summed E-state index contributed by atoms with van der Waals surface area (Å²) >= 11 is 0. The van der Waals surface area contributed by atoms with E-state index in [9.17, 15) is 4.21 Å². The van der Waals surface area contributed by atoms with Gasteiger partial charge in [-0.1, -0.05) is 5.57 Å². The quantitative estimate of drug-likeness (QED) is 0.376. The van der Waals surface area contributed by atoms with Gasteiger partial charge in [-0.25, -0.2) is 0 Å². The van der Waals surface area contributed by atoms with E-state index in [1.54, 1.807) is 12.5 Å². The molecule has 1 nitrogen and oxygen atoms in total. The van der Waals surface area contributed by atoms with Gasteiger partial charge in [0.25, 0.3) is 0 Å². The molecule has 0 aromatic carbocycles. The highest BCUT2D eigenvalue weighted by molar-refractivity contribution is 7.98. The van der Waals surface area contributed by atoms with Gasteiger partial charge in [-0.2, -0.15) is 0 Å². The lowest BCUT2D eigenvalue weighted by molar-refractivity contribution is 0.688. The first-order valence-electron chi connectivity index (χ1n) is 2.63. The first-order valence-corrected chi connectivity index (χ1v) is 5.17. The van der Waals surface area contributed by atoms with Gasteiger partial charge in [-0.05, 0) is 29.2 Å². The van der Waals surface area contributed by atoms with Gasteiger partial charge in [0.15, 0.2) is 0 Å². The molecule has 2 heteroatoms. The number of hydrogen-bond acceptors (Lipinski definition) is 1. The van der Waals surface area contributed by atoms with Crippen molar-refractivity contribution in [2.45, 2.75) is 13.8 Å². The Bertz CT molecular complexity index is 151. The predicted octanol–water partition coefficient (Wildman–Crippen LogP) is 1.54. The zero-order valence-corrected chi connectivity index (χ0v) is 7.55. The number of hydrogen-bond donors (Lipinski definition) is 0. The summed E-state index contributed by atoms with van der Waals surface area (Å²) in [7, 11) is -1.67. The molecule has 0 aliphatic heterocycles. The Balaban J connectivity index is 0. The Labute approximate surface area is 58.8 Å². The lowest BCUT2D eigenvalue weighted by Crippen LogP contribution is -1.86. The van der Waals surface area contributed by atoms with Gasteiger partial charge in [-0.3, -0.25) is 4.21 Å². The Morgan fingerprint density at radius 3 is 1.33 bits per heavy atom. The van der Waals surface area contributed by atoms with Crippen LogP contribution >= 0.6 is 0 Å². The third-order valence-corrected chi connectivity index (χ3v) is 0. The molecule has 0 aliphatic carbocycles. The molecule has 0 radical (unpaired) electrons. The van der Waals surface area contributed by atoms with E-state index in [-0.39, 0.29) is 0 Å². The SMILES string of the molecule is C=C(C)C.C=S(C)(C)=O. The third kappa shape index (κ3) is 4470. The minimum absolute atomic E-state index is 1.17. The van der Waals surface area contributed by atoms with Crippen LogP contribution in [0.25, 0.3) is 0 Å². The summed E-state index contributed by atoms with van der Waals surface area (Å²) in [5.41, 5.74) is 1.17. The van der Waals surface area contributed by atoms with Gasteiger partial charge in [0, 0.05) is 12.5 Å². The third-order valence-electron chi connectivity index (χ3n) is 0. The summed E-state index contributed by atoms with van der Waals surface area (Å²) in [5.74, 6) is 3.30. The smallest absolute Gasteiger partial charge is 0.00405 e. The number of rotatable bonds is 0. The van der Waals surface area contributed by atoms with Crippen molar-refractivity contribution in [2.24, 2.45) is 0 Å². The van der Waals surface area contributed by atoms with Crippen molar-refractivity contribution in [3.63, 3.8) is 0 Å². The Morgan fingerprint density at radius 2 is 1.33 bits per heavy atom. The molecule has 0 aliphatic rings. The minimum atomic E-state index is -1.67. The second-order valence-corrected chi connectivity index (χ2v) is 5.52. The highest BCUT2D eigenvalue weighted by Gasteiger charge is 1.69. The van der Waals surface area contributed by atoms with E-state index < -0.39 is 9.52 Å². The molecule has 0 rings (SSSR count). The summed E-state index contributed by atoms with van der Waals surface area (Å²) in [4.78, 5) is 0. The zero-order chi connectivity index (χ0) is 8.08. The van der Waals surface area contributed by atoms with Crippen molar-refractivity contribution in [3.05, 3.63) is 12.2 Å². The van der Waals surface area contributed by atoms with Crippen LogP contribution in [-0.2, 0) is 9.52 Å². The van der Waals surface area contributed by atoms with Gasteiger partial charge >= 0.3 is 0 Å². The van der Waals surface area contributed by atoms with Crippen LogP contribution in [0, 0.1) is 0 Å². The average Bonchev–Trinajstić information content (AvgIpc) is 1.19. The van der Waals surface area contributed by atoms with E-state index in [4.69, 9.17) is 0 Å². The predicted molar refractivity (Wildman–Crippen MR) is 47.6 cm³/mol. The minimum Gasteiger partial charge on any atom is -0.269 e. The Hall–Kier alpha value is -0.240. The van der Waals surface area contributed by atoms with E-state index in [1.165, 1.54) is 5.57 Å². The molecule has 0 saturated heterocycles. The van der Waals surface area contributed by atoms with E-state index in [1.807, 2.05) is 13.8 Å². The van der Waals surface area contributed by atoms with E-state index in [0.717, 1.165) is 0 Å². The van der Waals surface area contributed by atoms with Gasteiger partial charge in [0.05, 0.1) is 0 Å². The highest BCUT2D eigenvalue weighted by Crippen LogP contribution is 1.73. The van der Waals surface area contributed by atoms with Crippen LogP contribution in [0.2, 0.25) is 0 Å². The Kier molecular flexibility index (Phi) is 5.93. The van der Waals surface area contributed by atoms with Crippen LogP contribution in [0.4, 0.5) is 0 Å². The monoisotopic (exact) mass is 148 g/mol. The van der Waals surface area contributed by atoms with Crippen LogP contribution in [0.3, 0.4) is 0 Å². The topological polar surface area (TPSA) is 17.1 Å². The molecule has 0 fully saturated rings. The summed E-state index contributed by atoms with van der Waals surface area (Å²) in [6, 6.07) is 0. The van der Waals surface area contributed by atoms with Gasteiger partial charge in [0.2, 0.25) is 0 Å². The molecule has 0 amide bonds. The zero-order valence-electron chi connectivity index (χ0n) is 6.73. The fraction of sp³-hybridized carbons (Fsp3) is 0.571. The molecular formula is C7H16OS. The lowest BCUT2D eigenvalue weighted by Gasteiger charge is -1.78. The molecule has 56 valence electrons. The van der Waals surface area contributed by atoms with Gasteiger partial charge in [0.1, 0.15) is 0 Å². The fourth-order valence-electron chi connectivity index (χ4n) is 0. The normalized spacial score (nSPS) is 9.33. The second-order valence-electron chi connectivity index (χ2n) is 2.64. The maximum Gasteiger partial charge on any atom is 0.00405 e. The molecule has 0 aromatic heterocycles. The van der Waals surface area contributed by atoms with Crippen LogP contribution in [-0.4, -0.2) is 22.6 Å². The van der Waals surface area contributed by atoms with Crippen molar-refractivity contribution in [2.75, 3.05) is 12.5 Å². The maximum atomic E-state index is 10.1. The molecule has 0 bridgehead atoms. The first kappa shape index (κ1) is 11.5. The molecule has 0 spiro atoms. The van der Waals surface area contributed by atoms with Crippen LogP contribution in [0.5, 0.6) is 0 Å². The molecule has 0 N–H and O–H groups in total. The molecule has 0 atom stereocenters. The maximum absolute atomic E-state index is 10.1. The second kappa shape index (κ2) is 4.62. The van der Waals surface area contributed by atoms with Crippen LogP contribution in [0.1, 0.15) is 13.8 Å². The summed E-state index contributed by atoms with van der Waals surface area (Å²) in [6.45, 7) is 7.50. The van der Waals surface area contributed by atoms with Crippen molar-refractivity contribution < 1.29 is 4.21 Å². The molecule has 0 unspecified atom stereocenters. The summed E-state index contributed by atoms with van der Waals surface area (Å²) in [6.07, 6.45) is 3.21. The van der Waals surface area contributed by atoms with E-state index in [0.29, 0.717) is 0 Å². The molecule has 0 aromatic rings. The average molecular weight is 148 g/mol. The van der Waals surface area contributed by atoms with Crippen molar-refractivity contribution in [1.29, 1.82) is 0 Å². The van der Waals surface area contributed by atoms with Crippen LogP contribution < -0.4 is 0 Å². The lowest BCUT2D eigenvalue weighted by atomic mass is 10.4. The summed E-state index contributed by atoms with van der Waals surface area (Å²) < 4.78 is 10.1. The van der Waals surface area contributed by atoms with E-state index >= 15 is 0 Å². The Morgan fingerprint density at radius 1 is 1.33 bits per heavy atom. The molecule has 0 heterocycles. The summed E-state index contributed by atoms with van der Waals surface area (Å²) in [5, 5.41) is 0. The van der Waals surface area contributed by atoms with Crippen molar-refractivity contribution >= 4 is 15.4 Å². The van der Waals surface area contributed by atoms with Gasteiger partial charge < -0.3 is 0 Å². The molecule has 9 heavy (non-hydrogen) atoms. The van der Waals surface area contributed by atoms with E-state index in [2.05, 4.69) is 12.4 Å². The first-order chi connectivity index (χ1) is 3.73. The highest BCUT2D eigenvalue weighted by atomic mass is 32.2.